The first-order chi connectivity index (χ1) is 15.8. The summed E-state index contributed by atoms with van der Waals surface area (Å²) in [5.74, 6) is -4.39. The Morgan fingerprint density at radius 3 is 2.33 bits per heavy atom. The third kappa shape index (κ3) is 3.43. The van der Waals surface area contributed by atoms with Crippen LogP contribution in [-0.4, -0.2) is 82.6 Å². The zero-order valence-corrected chi connectivity index (χ0v) is 17.7. The molecule has 2 N–H and O–H groups in total. The number of benzene rings is 1. The number of imide groups is 2. The van der Waals surface area contributed by atoms with Gasteiger partial charge in [-0.15, -0.1) is 0 Å². The molecule has 11 nitrogen and oxygen atoms in total. The van der Waals surface area contributed by atoms with Gasteiger partial charge in [0, 0.05) is 32.6 Å². The smallest absolute Gasteiger partial charge is 0.307 e. The Morgan fingerprint density at radius 2 is 1.70 bits per heavy atom. The maximum atomic E-state index is 13.3. The van der Waals surface area contributed by atoms with Crippen LogP contribution in [0.4, 0.5) is 5.69 Å². The summed E-state index contributed by atoms with van der Waals surface area (Å²) in [4.78, 5) is 78.1. The number of hydrogen-bond acceptors (Lipinski definition) is 7. The summed E-state index contributed by atoms with van der Waals surface area (Å²) >= 11 is 0. The maximum Gasteiger partial charge on any atom is 0.307 e. The molecule has 1 aromatic carbocycles. The molecule has 1 aromatic rings. The molecule has 11 heteroatoms. The predicted octanol–water partition coefficient (Wildman–Crippen LogP) is -0.543. The molecule has 3 aliphatic heterocycles. The normalized spacial score (nSPS) is 26.9. The number of fused-ring (bicyclic) bond motifs is 1. The van der Waals surface area contributed by atoms with Crippen LogP contribution >= 0.6 is 0 Å². The van der Waals surface area contributed by atoms with Crippen LogP contribution in [0.2, 0.25) is 0 Å². The Kier molecular flexibility index (Phi) is 4.91. The maximum absolute atomic E-state index is 13.3. The van der Waals surface area contributed by atoms with Crippen molar-refractivity contribution in [2.45, 2.75) is 25.3 Å². The van der Waals surface area contributed by atoms with Crippen LogP contribution < -0.4 is 10.2 Å². The van der Waals surface area contributed by atoms with Gasteiger partial charge in [-0.2, -0.15) is 0 Å². The highest BCUT2D eigenvalue weighted by atomic mass is 16.4. The number of piperidine rings is 1. The summed E-state index contributed by atoms with van der Waals surface area (Å²) in [5.41, 5.74) is 0.991. The monoisotopic (exact) mass is 454 g/mol. The highest BCUT2D eigenvalue weighted by Crippen LogP contribution is 2.40. The highest BCUT2D eigenvalue weighted by Gasteiger charge is 2.50. The third-order valence-electron chi connectivity index (χ3n) is 6.80. The minimum atomic E-state index is -1.03. The van der Waals surface area contributed by atoms with E-state index in [9.17, 15) is 28.8 Å². The van der Waals surface area contributed by atoms with E-state index in [1.165, 1.54) is 0 Å². The number of piperazine rings is 1. The number of nitrogens with zero attached hydrogens (tertiary/aromatic N) is 3. The number of carboxylic acid groups (broad SMARTS) is 1. The van der Waals surface area contributed by atoms with Crippen molar-refractivity contribution in [2.24, 2.45) is 11.8 Å². The van der Waals surface area contributed by atoms with E-state index in [4.69, 9.17) is 5.11 Å². The van der Waals surface area contributed by atoms with Crippen LogP contribution in [0.15, 0.2) is 18.2 Å². The van der Waals surface area contributed by atoms with E-state index in [2.05, 4.69) is 5.32 Å². The SMILES string of the molecule is O=C1CCC(N2C(=O)c3cccc(N4CCN(C(=O)C5CC5C(=O)O)CC4)c3C2=O)C(=O)N1. The number of nitrogens with one attached hydrogen (secondary N) is 1. The van der Waals surface area contributed by atoms with Gasteiger partial charge in [-0.3, -0.25) is 39.0 Å². The largest absolute Gasteiger partial charge is 0.481 e. The van der Waals surface area contributed by atoms with Crippen LogP contribution in [0.5, 0.6) is 0 Å². The number of carbonyl (C=O) groups excluding carboxylic acids is 5. The van der Waals surface area contributed by atoms with Crippen molar-refractivity contribution in [3.63, 3.8) is 0 Å². The fourth-order valence-corrected chi connectivity index (χ4v) is 4.90. The fourth-order valence-electron chi connectivity index (χ4n) is 4.90. The molecule has 3 atom stereocenters. The third-order valence-corrected chi connectivity index (χ3v) is 6.80. The van der Waals surface area contributed by atoms with Crippen LogP contribution in [0.1, 0.15) is 40.0 Å². The lowest BCUT2D eigenvalue weighted by Gasteiger charge is -2.37. The van der Waals surface area contributed by atoms with Gasteiger partial charge in [0.15, 0.2) is 0 Å². The van der Waals surface area contributed by atoms with Crippen molar-refractivity contribution in [3.8, 4) is 0 Å². The fraction of sp³-hybridized carbons (Fsp3) is 0.455. The van der Waals surface area contributed by atoms with E-state index in [1.807, 2.05) is 4.90 Å². The number of rotatable bonds is 4. The minimum absolute atomic E-state index is 0.0520. The van der Waals surface area contributed by atoms with Gasteiger partial charge in [0.1, 0.15) is 6.04 Å². The summed E-state index contributed by atoms with van der Waals surface area (Å²) in [6, 6.07) is 3.92. The van der Waals surface area contributed by atoms with Crippen molar-refractivity contribution >= 4 is 41.2 Å². The van der Waals surface area contributed by atoms with E-state index in [1.54, 1.807) is 23.1 Å². The van der Waals surface area contributed by atoms with E-state index < -0.39 is 47.5 Å². The second kappa shape index (κ2) is 7.68. The summed E-state index contributed by atoms with van der Waals surface area (Å²) in [5, 5.41) is 11.2. The zero-order chi connectivity index (χ0) is 23.4. The van der Waals surface area contributed by atoms with Gasteiger partial charge in [-0.1, -0.05) is 6.07 Å². The molecular formula is C22H22N4O7. The average Bonchev–Trinajstić information content (AvgIpc) is 3.56. The number of amides is 5. The molecule has 3 fully saturated rings. The van der Waals surface area contributed by atoms with Crippen LogP contribution in [0.25, 0.3) is 0 Å². The molecule has 172 valence electrons. The quantitative estimate of drug-likeness (QED) is 0.577. The number of carboxylic acids is 1. The molecule has 1 aliphatic carbocycles. The highest BCUT2D eigenvalue weighted by molar-refractivity contribution is 6.25. The van der Waals surface area contributed by atoms with Crippen molar-refractivity contribution in [1.29, 1.82) is 0 Å². The molecule has 4 aliphatic rings. The number of carbonyl (C=O) groups is 6. The molecule has 5 rings (SSSR count). The van der Waals surface area contributed by atoms with Gasteiger partial charge in [0.25, 0.3) is 11.8 Å². The van der Waals surface area contributed by atoms with Crippen LogP contribution in [0, 0.1) is 11.8 Å². The van der Waals surface area contributed by atoms with Gasteiger partial charge < -0.3 is 14.9 Å². The lowest BCUT2D eigenvalue weighted by atomic mass is 10.0. The number of anilines is 1. The molecule has 0 spiro atoms. The molecule has 5 amide bonds. The first-order valence-electron chi connectivity index (χ1n) is 10.9. The second-order valence-corrected chi connectivity index (χ2v) is 8.75. The summed E-state index contributed by atoms with van der Waals surface area (Å²) in [7, 11) is 0. The average molecular weight is 454 g/mol. The molecule has 0 radical (unpaired) electrons. The number of hydrogen-bond donors (Lipinski definition) is 2. The van der Waals surface area contributed by atoms with E-state index in [0.29, 0.717) is 38.3 Å². The van der Waals surface area contributed by atoms with E-state index >= 15 is 0 Å². The lowest BCUT2D eigenvalue weighted by Crippen LogP contribution is -2.54. The van der Waals surface area contributed by atoms with Gasteiger partial charge in [-0.05, 0) is 25.0 Å². The standard InChI is InChI=1S/C22H22N4O7/c27-16-5-4-15(18(28)23-16)26-20(30)11-2-1-3-14(17(11)21(26)31)24-6-8-25(9-7-24)19(29)12-10-13(12)22(32)33/h1-3,12-13,15H,4-10H2,(H,32,33)(H,23,27,28). The molecular weight excluding hydrogens is 432 g/mol. The molecule has 2 saturated heterocycles. The Hall–Kier alpha value is -3.76. The Morgan fingerprint density at radius 1 is 0.970 bits per heavy atom. The van der Waals surface area contributed by atoms with Crippen molar-refractivity contribution in [3.05, 3.63) is 29.3 Å². The van der Waals surface area contributed by atoms with Crippen molar-refractivity contribution in [1.82, 2.24) is 15.1 Å². The molecule has 33 heavy (non-hydrogen) atoms. The van der Waals surface area contributed by atoms with Gasteiger partial charge in [0.2, 0.25) is 17.7 Å². The van der Waals surface area contributed by atoms with Gasteiger partial charge in [-0.25, -0.2) is 0 Å². The lowest BCUT2D eigenvalue weighted by molar-refractivity contribution is -0.142. The van der Waals surface area contributed by atoms with Gasteiger partial charge in [0.05, 0.1) is 28.7 Å². The predicted molar refractivity (Wildman–Crippen MR) is 111 cm³/mol. The topological polar surface area (TPSA) is 144 Å². The summed E-state index contributed by atoms with van der Waals surface area (Å²) in [6.07, 6.45) is 0.508. The summed E-state index contributed by atoms with van der Waals surface area (Å²) in [6.45, 7) is 1.60. The number of aliphatic carboxylic acids is 1. The Bertz CT molecular complexity index is 1110. The first-order valence-corrected chi connectivity index (χ1v) is 10.9. The van der Waals surface area contributed by atoms with Crippen molar-refractivity contribution < 1.29 is 33.9 Å². The van der Waals surface area contributed by atoms with Crippen LogP contribution in [-0.2, 0) is 19.2 Å². The Balaban J connectivity index is 1.32. The molecule has 3 unspecified atom stereocenters. The first kappa shape index (κ1) is 21.1. The molecule has 1 saturated carbocycles. The molecule has 0 aromatic heterocycles. The summed E-state index contributed by atoms with van der Waals surface area (Å²) < 4.78 is 0. The van der Waals surface area contributed by atoms with Crippen molar-refractivity contribution in [2.75, 3.05) is 31.1 Å². The van der Waals surface area contributed by atoms with E-state index in [-0.39, 0.29) is 29.9 Å². The van der Waals surface area contributed by atoms with Gasteiger partial charge >= 0.3 is 5.97 Å². The zero-order valence-electron chi connectivity index (χ0n) is 17.7. The molecule has 3 heterocycles. The minimum Gasteiger partial charge on any atom is -0.481 e. The second-order valence-electron chi connectivity index (χ2n) is 8.75. The Labute approximate surface area is 188 Å². The van der Waals surface area contributed by atoms with Crippen LogP contribution in [0.3, 0.4) is 0 Å². The molecule has 0 bridgehead atoms. The van der Waals surface area contributed by atoms with E-state index in [0.717, 1.165) is 4.90 Å².